The first kappa shape index (κ1) is 15.7. The quantitative estimate of drug-likeness (QED) is 0.828. The number of nitrogens with one attached hydrogen (secondary N) is 1. The lowest BCUT2D eigenvalue weighted by molar-refractivity contribution is -0.125. The Bertz CT molecular complexity index is 389. The number of nitrogens with two attached hydrogens (primary N) is 1. The molecule has 19 heavy (non-hydrogen) atoms. The SMILES string of the molecule is CC(C)C(C)CNC(=O)C(C)C(N)c1ccccc1. The Kier molecular flexibility index (Phi) is 6.03. The van der Waals surface area contributed by atoms with E-state index in [1.165, 1.54) is 0 Å². The molecule has 106 valence electrons. The van der Waals surface area contributed by atoms with Gasteiger partial charge in [-0.3, -0.25) is 4.79 Å². The molecule has 1 rings (SSSR count). The summed E-state index contributed by atoms with van der Waals surface area (Å²) in [6.45, 7) is 9.06. The van der Waals surface area contributed by atoms with Crippen LogP contribution in [0.3, 0.4) is 0 Å². The van der Waals surface area contributed by atoms with Crippen LogP contribution >= 0.6 is 0 Å². The van der Waals surface area contributed by atoms with Crippen LogP contribution in [0.5, 0.6) is 0 Å². The molecule has 1 aromatic carbocycles. The number of amides is 1. The molecule has 3 heteroatoms. The Morgan fingerprint density at radius 1 is 1.16 bits per heavy atom. The van der Waals surface area contributed by atoms with Crippen LogP contribution in [0, 0.1) is 17.8 Å². The summed E-state index contributed by atoms with van der Waals surface area (Å²) in [5, 5.41) is 3.00. The van der Waals surface area contributed by atoms with Gasteiger partial charge in [0.2, 0.25) is 5.91 Å². The topological polar surface area (TPSA) is 55.1 Å². The molecule has 1 aromatic rings. The van der Waals surface area contributed by atoms with Crippen molar-refractivity contribution in [3.05, 3.63) is 35.9 Å². The van der Waals surface area contributed by atoms with Gasteiger partial charge in [0, 0.05) is 12.6 Å². The average molecular weight is 262 g/mol. The van der Waals surface area contributed by atoms with Crippen molar-refractivity contribution in [2.24, 2.45) is 23.5 Å². The minimum absolute atomic E-state index is 0.0313. The third kappa shape index (κ3) is 4.67. The maximum absolute atomic E-state index is 12.1. The third-order valence-corrected chi connectivity index (χ3v) is 3.87. The van der Waals surface area contributed by atoms with Crippen molar-refractivity contribution in [1.82, 2.24) is 5.32 Å². The van der Waals surface area contributed by atoms with Crippen molar-refractivity contribution in [2.75, 3.05) is 6.54 Å². The van der Waals surface area contributed by atoms with Gasteiger partial charge in [0.1, 0.15) is 0 Å². The predicted molar refractivity (Wildman–Crippen MR) is 79.5 cm³/mol. The Balaban J connectivity index is 2.53. The standard InChI is InChI=1S/C16H26N2O/c1-11(2)12(3)10-18-16(19)13(4)15(17)14-8-6-5-7-9-14/h5-9,11-13,15H,10,17H2,1-4H3,(H,18,19). The summed E-state index contributed by atoms with van der Waals surface area (Å²) in [5.41, 5.74) is 7.15. The van der Waals surface area contributed by atoms with Crippen molar-refractivity contribution in [3.63, 3.8) is 0 Å². The summed E-state index contributed by atoms with van der Waals surface area (Å²) < 4.78 is 0. The van der Waals surface area contributed by atoms with Gasteiger partial charge in [-0.15, -0.1) is 0 Å². The van der Waals surface area contributed by atoms with Gasteiger partial charge in [-0.1, -0.05) is 58.0 Å². The second-order valence-corrected chi connectivity index (χ2v) is 5.69. The Hall–Kier alpha value is -1.35. The normalized spacial score (nSPS) is 15.9. The first-order valence-corrected chi connectivity index (χ1v) is 7.01. The largest absolute Gasteiger partial charge is 0.356 e. The van der Waals surface area contributed by atoms with Crippen LogP contribution in [-0.4, -0.2) is 12.5 Å². The first-order valence-electron chi connectivity index (χ1n) is 7.01. The van der Waals surface area contributed by atoms with E-state index in [0.717, 1.165) is 5.56 Å². The Labute approximate surface area is 116 Å². The molecule has 0 saturated heterocycles. The number of benzene rings is 1. The molecule has 3 unspecified atom stereocenters. The molecule has 3 N–H and O–H groups in total. The average Bonchev–Trinajstić information content (AvgIpc) is 2.43. The summed E-state index contributed by atoms with van der Waals surface area (Å²) in [7, 11) is 0. The van der Waals surface area contributed by atoms with E-state index in [0.29, 0.717) is 18.4 Å². The molecule has 0 saturated carbocycles. The molecule has 0 radical (unpaired) electrons. The van der Waals surface area contributed by atoms with Crippen molar-refractivity contribution in [1.29, 1.82) is 0 Å². The van der Waals surface area contributed by atoms with Gasteiger partial charge in [-0.2, -0.15) is 0 Å². The lowest BCUT2D eigenvalue weighted by Gasteiger charge is -2.22. The van der Waals surface area contributed by atoms with Crippen LogP contribution in [0.25, 0.3) is 0 Å². The molecule has 3 atom stereocenters. The zero-order chi connectivity index (χ0) is 14.4. The predicted octanol–water partition coefficient (Wildman–Crippen LogP) is 2.73. The summed E-state index contributed by atoms with van der Waals surface area (Å²) in [6.07, 6.45) is 0. The van der Waals surface area contributed by atoms with Gasteiger partial charge in [-0.25, -0.2) is 0 Å². The molecule has 0 fully saturated rings. The smallest absolute Gasteiger partial charge is 0.224 e. The Morgan fingerprint density at radius 3 is 2.26 bits per heavy atom. The first-order chi connectivity index (χ1) is 8.93. The highest BCUT2D eigenvalue weighted by Crippen LogP contribution is 2.19. The fourth-order valence-corrected chi connectivity index (χ4v) is 1.79. The molecule has 0 heterocycles. The van der Waals surface area contributed by atoms with E-state index in [4.69, 9.17) is 5.73 Å². The molecule has 1 amide bonds. The summed E-state index contributed by atoms with van der Waals surface area (Å²) >= 11 is 0. The van der Waals surface area contributed by atoms with Gasteiger partial charge in [0.15, 0.2) is 0 Å². The maximum atomic E-state index is 12.1. The number of hydrogen-bond acceptors (Lipinski definition) is 2. The number of carbonyl (C=O) groups is 1. The van der Waals surface area contributed by atoms with Gasteiger partial charge in [-0.05, 0) is 17.4 Å². The molecule has 3 nitrogen and oxygen atoms in total. The molecular weight excluding hydrogens is 236 g/mol. The molecule has 0 bridgehead atoms. The third-order valence-electron chi connectivity index (χ3n) is 3.87. The highest BCUT2D eigenvalue weighted by Gasteiger charge is 2.22. The van der Waals surface area contributed by atoms with E-state index in [9.17, 15) is 4.79 Å². The minimum atomic E-state index is -0.254. The van der Waals surface area contributed by atoms with Gasteiger partial charge in [0.05, 0.1) is 5.92 Å². The molecule has 0 aliphatic rings. The van der Waals surface area contributed by atoms with Crippen molar-refractivity contribution >= 4 is 5.91 Å². The van der Waals surface area contributed by atoms with Gasteiger partial charge >= 0.3 is 0 Å². The highest BCUT2D eigenvalue weighted by atomic mass is 16.1. The second kappa shape index (κ2) is 7.29. The zero-order valence-corrected chi connectivity index (χ0v) is 12.4. The van der Waals surface area contributed by atoms with Crippen LogP contribution in [0.2, 0.25) is 0 Å². The van der Waals surface area contributed by atoms with E-state index in [-0.39, 0.29) is 17.9 Å². The fraction of sp³-hybridized carbons (Fsp3) is 0.562. The molecule has 0 spiro atoms. The van der Waals surface area contributed by atoms with Crippen molar-refractivity contribution in [3.8, 4) is 0 Å². The highest BCUT2D eigenvalue weighted by molar-refractivity contribution is 5.79. The number of carbonyl (C=O) groups excluding carboxylic acids is 1. The summed E-state index contributed by atoms with van der Waals surface area (Å²) in [5.74, 6) is 0.855. The van der Waals surface area contributed by atoms with Crippen molar-refractivity contribution in [2.45, 2.75) is 33.7 Å². The number of rotatable bonds is 6. The maximum Gasteiger partial charge on any atom is 0.224 e. The van der Waals surface area contributed by atoms with Crippen LogP contribution in [-0.2, 0) is 4.79 Å². The molecule has 0 aliphatic heterocycles. The van der Waals surface area contributed by atoms with E-state index in [1.807, 2.05) is 37.3 Å². The summed E-state index contributed by atoms with van der Waals surface area (Å²) in [6, 6.07) is 9.51. The van der Waals surface area contributed by atoms with E-state index in [2.05, 4.69) is 26.1 Å². The van der Waals surface area contributed by atoms with Gasteiger partial charge < -0.3 is 11.1 Å². The van der Waals surface area contributed by atoms with Crippen molar-refractivity contribution < 1.29 is 4.79 Å². The molecular formula is C16H26N2O. The van der Waals surface area contributed by atoms with E-state index in [1.54, 1.807) is 0 Å². The fourth-order valence-electron chi connectivity index (χ4n) is 1.79. The monoisotopic (exact) mass is 262 g/mol. The number of hydrogen-bond donors (Lipinski definition) is 2. The van der Waals surface area contributed by atoms with Crippen LogP contribution in [0.15, 0.2) is 30.3 Å². The van der Waals surface area contributed by atoms with Crippen LogP contribution in [0.1, 0.15) is 39.3 Å². The van der Waals surface area contributed by atoms with E-state index < -0.39 is 0 Å². The minimum Gasteiger partial charge on any atom is -0.356 e. The van der Waals surface area contributed by atoms with Crippen LogP contribution < -0.4 is 11.1 Å². The lowest BCUT2D eigenvalue weighted by Crippen LogP contribution is -2.38. The van der Waals surface area contributed by atoms with E-state index >= 15 is 0 Å². The molecule has 0 aromatic heterocycles. The lowest BCUT2D eigenvalue weighted by atomic mass is 9.94. The molecule has 0 aliphatic carbocycles. The Morgan fingerprint density at radius 2 is 1.74 bits per heavy atom. The zero-order valence-electron chi connectivity index (χ0n) is 12.4. The van der Waals surface area contributed by atoms with Crippen LogP contribution in [0.4, 0.5) is 0 Å². The summed E-state index contributed by atoms with van der Waals surface area (Å²) in [4.78, 5) is 12.1. The second-order valence-electron chi connectivity index (χ2n) is 5.69. The van der Waals surface area contributed by atoms with Gasteiger partial charge in [0.25, 0.3) is 0 Å².